The first-order valence-corrected chi connectivity index (χ1v) is 9.95. The van der Waals surface area contributed by atoms with Gasteiger partial charge in [-0.25, -0.2) is 0 Å². The van der Waals surface area contributed by atoms with Crippen molar-refractivity contribution in [1.82, 2.24) is 4.98 Å². The Kier molecular flexibility index (Phi) is 5.61. The highest BCUT2D eigenvalue weighted by Crippen LogP contribution is 2.51. The minimum Gasteiger partial charge on any atom is -0.497 e. The minimum atomic E-state index is 0.360. The van der Waals surface area contributed by atoms with Crippen LogP contribution < -0.4 is 9.47 Å². The van der Waals surface area contributed by atoms with Gasteiger partial charge in [0, 0.05) is 12.4 Å². The van der Waals surface area contributed by atoms with Crippen LogP contribution in [0.1, 0.15) is 41.4 Å². The summed E-state index contributed by atoms with van der Waals surface area (Å²) in [5, 5.41) is 0. The molecular weight excluding hydrogens is 346 g/mol. The molecule has 2 aromatic carbocycles. The topological polar surface area (TPSA) is 31.4 Å². The van der Waals surface area contributed by atoms with E-state index in [-0.39, 0.29) is 0 Å². The predicted molar refractivity (Wildman–Crippen MR) is 112 cm³/mol. The molecule has 0 saturated heterocycles. The van der Waals surface area contributed by atoms with Crippen LogP contribution >= 0.6 is 0 Å². The van der Waals surface area contributed by atoms with Gasteiger partial charge in [-0.3, -0.25) is 4.98 Å². The monoisotopic (exact) mass is 373 g/mol. The number of pyridine rings is 1. The van der Waals surface area contributed by atoms with Gasteiger partial charge in [-0.15, -0.1) is 0 Å². The summed E-state index contributed by atoms with van der Waals surface area (Å²) < 4.78 is 11.0. The summed E-state index contributed by atoms with van der Waals surface area (Å²) in [6.07, 6.45) is 7.36. The van der Waals surface area contributed by atoms with E-state index in [0.717, 1.165) is 17.9 Å². The molecule has 1 aliphatic carbocycles. The van der Waals surface area contributed by atoms with Crippen LogP contribution in [0.5, 0.6) is 11.5 Å². The van der Waals surface area contributed by atoms with Gasteiger partial charge in [-0.05, 0) is 84.0 Å². The molecule has 0 N–H and O–H groups in total. The highest BCUT2D eigenvalue weighted by molar-refractivity contribution is 5.39. The molecule has 0 spiro atoms. The number of aromatic nitrogens is 1. The van der Waals surface area contributed by atoms with Gasteiger partial charge in [0.05, 0.1) is 14.2 Å². The Balaban J connectivity index is 1.77. The van der Waals surface area contributed by atoms with E-state index in [1.807, 2.05) is 30.6 Å². The lowest BCUT2D eigenvalue weighted by atomic mass is 9.75. The predicted octanol–water partition coefficient (Wildman–Crippen LogP) is 5.62. The fraction of sp³-hybridized carbons (Fsp3) is 0.320. The van der Waals surface area contributed by atoms with Crippen molar-refractivity contribution in [2.75, 3.05) is 14.2 Å². The van der Waals surface area contributed by atoms with E-state index in [1.54, 1.807) is 14.2 Å². The fourth-order valence-corrected chi connectivity index (χ4v) is 4.23. The first-order valence-electron chi connectivity index (χ1n) is 9.95. The zero-order chi connectivity index (χ0) is 19.3. The molecule has 0 bridgehead atoms. The number of nitrogens with zero attached hydrogens (tertiary/aromatic N) is 1. The Labute approximate surface area is 167 Å². The zero-order valence-electron chi connectivity index (χ0n) is 16.5. The Morgan fingerprint density at radius 1 is 0.893 bits per heavy atom. The summed E-state index contributed by atoms with van der Waals surface area (Å²) in [5.74, 6) is 3.35. The van der Waals surface area contributed by atoms with Crippen LogP contribution in [-0.2, 0) is 6.42 Å². The third-order valence-electron chi connectivity index (χ3n) is 5.74. The highest BCUT2D eigenvalue weighted by Gasteiger charge is 2.38. The molecule has 2 atom stereocenters. The van der Waals surface area contributed by atoms with E-state index < -0.39 is 0 Å². The van der Waals surface area contributed by atoms with Crippen molar-refractivity contribution >= 4 is 0 Å². The van der Waals surface area contributed by atoms with Gasteiger partial charge in [-0.1, -0.05) is 30.3 Å². The van der Waals surface area contributed by atoms with Gasteiger partial charge in [-0.2, -0.15) is 0 Å². The smallest absolute Gasteiger partial charge is 0.119 e. The fourth-order valence-electron chi connectivity index (χ4n) is 4.23. The average Bonchev–Trinajstić information content (AvgIpc) is 3.59. The molecule has 1 heterocycles. The maximum atomic E-state index is 5.52. The SMILES string of the molecule is COc1cccc(C(Cc2cccnc2)C(c2cccc(OC)c2)C2CC2)c1. The molecule has 0 amide bonds. The van der Waals surface area contributed by atoms with E-state index in [0.29, 0.717) is 17.8 Å². The van der Waals surface area contributed by atoms with Gasteiger partial charge in [0.25, 0.3) is 0 Å². The van der Waals surface area contributed by atoms with Crippen molar-refractivity contribution in [3.63, 3.8) is 0 Å². The lowest BCUT2D eigenvalue weighted by Crippen LogP contribution is -2.16. The van der Waals surface area contributed by atoms with E-state index in [4.69, 9.17) is 9.47 Å². The second-order valence-corrected chi connectivity index (χ2v) is 7.59. The maximum Gasteiger partial charge on any atom is 0.119 e. The quantitative estimate of drug-likeness (QED) is 0.514. The summed E-state index contributed by atoms with van der Waals surface area (Å²) in [5.41, 5.74) is 3.95. The average molecular weight is 373 g/mol. The van der Waals surface area contributed by atoms with Gasteiger partial charge < -0.3 is 9.47 Å². The Morgan fingerprint density at radius 2 is 1.57 bits per heavy atom. The highest BCUT2D eigenvalue weighted by atomic mass is 16.5. The van der Waals surface area contributed by atoms with Crippen LogP contribution in [0.15, 0.2) is 73.1 Å². The summed E-state index contributed by atoms with van der Waals surface area (Å²) in [4.78, 5) is 4.34. The van der Waals surface area contributed by atoms with Crippen molar-refractivity contribution in [3.8, 4) is 11.5 Å². The molecule has 0 aliphatic heterocycles. The molecule has 3 nitrogen and oxygen atoms in total. The molecule has 3 aromatic rings. The normalized spacial score (nSPS) is 15.6. The van der Waals surface area contributed by atoms with Crippen LogP contribution in [0.25, 0.3) is 0 Å². The number of hydrogen-bond acceptors (Lipinski definition) is 3. The Bertz CT molecular complexity index is 905. The number of rotatable bonds is 8. The lowest BCUT2D eigenvalue weighted by molar-refractivity contribution is 0.409. The number of ether oxygens (including phenoxy) is 2. The summed E-state index contributed by atoms with van der Waals surface area (Å²) in [7, 11) is 3.47. The molecule has 0 radical (unpaired) electrons. The molecule has 1 aromatic heterocycles. The molecule has 144 valence electrons. The van der Waals surface area contributed by atoms with Gasteiger partial charge in [0.1, 0.15) is 11.5 Å². The molecule has 2 unspecified atom stereocenters. The lowest BCUT2D eigenvalue weighted by Gasteiger charge is -2.29. The Hall–Kier alpha value is -2.81. The first-order chi connectivity index (χ1) is 13.8. The summed E-state index contributed by atoms with van der Waals surface area (Å²) in [6, 6.07) is 21.3. The van der Waals surface area contributed by atoms with E-state index >= 15 is 0 Å². The summed E-state index contributed by atoms with van der Waals surface area (Å²) >= 11 is 0. The van der Waals surface area contributed by atoms with Gasteiger partial charge in [0.2, 0.25) is 0 Å². The molecule has 1 saturated carbocycles. The van der Waals surface area contributed by atoms with Crippen molar-refractivity contribution in [1.29, 1.82) is 0 Å². The van der Waals surface area contributed by atoms with Crippen LogP contribution in [0, 0.1) is 5.92 Å². The second-order valence-electron chi connectivity index (χ2n) is 7.59. The van der Waals surface area contributed by atoms with Crippen molar-refractivity contribution in [3.05, 3.63) is 89.7 Å². The third-order valence-corrected chi connectivity index (χ3v) is 5.74. The molecular formula is C25H27NO2. The van der Waals surface area contributed by atoms with Crippen molar-refractivity contribution in [2.24, 2.45) is 5.92 Å². The molecule has 1 fully saturated rings. The standard InChI is InChI=1S/C25H27NO2/c1-27-22-9-3-7-20(15-22)24(14-18-6-5-13-26-17-18)25(19-11-12-19)21-8-4-10-23(16-21)28-2/h3-10,13,15-17,19,24-25H,11-12,14H2,1-2H3. The van der Waals surface area contributed by atoms with Crippen LogP contribution in [0.4, 0.5) is 0 Å². The van der Waals surface area contributed by atoms with E-state index in [2.05, 4.69) is 47.4 Å². The van der Waals surface area contributed by atoms with E-state index in [1.165, 1.54) is 29.5 Å². The second kappa shape index (κ2) is 8.47. The van der Waals surface area contributed by atoms with Crippen LogP contribution in [0.2, 0.25) is 0 Å². The molecule has 28 heavy (non-hydrogen) atoms. The maximum absolute atomic E-state index is 5.52. The van der Waals surface area contributed by atoms with Gasteiger partial charge >= 0.3 is 0 Å². The number of benzene rings is 2. The summed E-state index contributed by atoms with van der Waals surface area (Å²) in [6.45, 7) is 0. The first kappa shape index (κ1) is 18.5. The Morgan fingerprint density at radius 3 is 2.18 bits per heavy atom. The molecule has 1 aliphatic rings. The molecule has 3 heteroatoms. The van der Waals surface area contributed by atoms with Gasteiger partial charge in [0.15, 0.2) is 0 Å². The molecule has 4 rings (SSSR count). The zero-order valence-corrected chi connectivity index (χ0v) is 16.5. The number of hydrogen-bond donors (Lipinski definition) is 0. The number of methoxy groups -OCH3 is 2. The van der Waals surface area contributed by atoms with Crippen LogP contribution in [0.3, 0.4) is 0 Å². The van der Waals surface area contributed by atoms with Crippen molar-refractivity contribution < 1.29 is 9.47 Å². The van der Waals surface area contributed by atoms with E-state index in [9.17, 15) is 0 Å². The van der Waals surface area contributed by atoms with Crippen molar-refractivity contribution in [2.45, 2.75) is 31.1 Å². The van der Waals surface area contributed by atoms with Crippen LogP contribution in [-0.4, -0.2) is 19.2 Å². The largest absolute Gasteiger partial charge is 0.497 e. The third kappa shape index (κ3) is 4.19. The minimum absolute atomic E-state index is 0.360.